The number of carbonyl (C=O) groups is 1. The predicted molar refractivity (Wildman–Crippen MR) is 114 cm³/mol. The highest BCUT2D eigenvalue weighted by Crippen LogP contribution is 2.30. The first kappa shape index (κ1) is 19.8. The van der Waals surface area contributed by atoms with E-state index in [0.717, 1.165) is 37.8 Å². The number of benzene rings is 2. The van der Waals surface area contributed by atoms with Crippen LogP contribution in [0, 0.1) is 0 Å². The summed E-state index contributed by atoms with van der Waals surface area (Å²) in [4.78, 5) is 17.5. The number of hydrogen-bond acceptors (Lipinski definition) is 4. The Morgan fingerprint density at radius 3 is 2.38 bits per heavy atom. The predicted octanol–water partition coefficient (Wildman–Crippen LogP) is 3.97. The summed E-state index contributed by atoms with van der Waals surface area (Å²) in [6.07, 6.45) is 5.33. The zero-order valence-corrected chi connectivity index (χ0v) is 17.2. The van der Waals surface area contributed by atoms with Crippen LogP contribution in [0.2, 0.25) is 0 Å². The maximum absolute atomic E-state index is 13.0. The van der Waals surface area contributed by atoms with Gasteiger partial charge in [0.1, 0.15) is 6.61 Å². The zero-order valence-electron chi connectivity index (χ0n) is 17.2. The number of rotatable bonds is 6. The van der Waals surface area contributed by atoms with Crippen LogP contribution in [0.25, 0.3) is 0 Å². The summed E-state index contributed by atoms with van der Waals surface area (Å²) in [5.74, 6) is 1.32. The second kappa shape index (κ2) is 9.31. The first-order chi connectivity index (χ1) is 14.2. The lowest BCUT2D eigenvalue weighted by Gasteiger charge is -2.38. The number of hydrogen-bond donors (Lipinski definition) is 0. The molecule has 1 aliphatic carbocycles. The van der Waals surface area contributed by atoms with Crippen LogP contribution in [0.5, 0.6) is 11.5 Å². The first-order valence-electron chi connectivity index (χ1n) is 10.6. The van der Waals surface area contributed by atoms with Crippen LogP contribution in [0.1, 0.15) is 41.6 Å². The molecule has 0 aromatic heterocycles. The Hall–Kier alpha value is -2.53. The second-order valence-corrected chi connectivity index (χ2v) is 7.91. The highest BCUT2D eigenvalue weighted by atomic mass is 16.5. The van der Waals surface area contributed by atoms with Crippen molar-refractivity contribution >= 4 is 5.91 Å². The van der Waals surface area contributed by atoms with Gasteiger partial charge in [-0.25, -0.2) is 0 Å². The van der Waals surface area contributed by atoms with Gasteiger partial charge in [-0.1, -0.05) is 43.2 Å². The van der Waals surface area contributed by atoms with Crippen molar-refractivity contribution in [1.29, 1.82) is 0 Å². The van der Waals surface area contributed by atoms with Gasteiger partial charge in [-0.3, -0.25) is 9.69 Å². The first-order valence-corrected chi connectivity index (χ1v) is 10.6. The molecule has 154 valence electrons. The van der Waals surface area contributed by atoms with Gasteiger partial charge in [-0.2, -0.15) is 0 Å². The lowest BCUT2D eigenvalue weighted by molar-refractivity contribution is 0.0573. The quantitative estimate of drug-likeness (QED) is 0.743. The molecular formula is C24H30N2O3. The summed E-state index contributed by atoms with van der Waals surface area (Å²) in [6, 6.07) is 16.2. The van der Waals surface area contributed by atoms with Crippen molar-refractivity contribution < 1.29 is 14.3 Å². The molecule has 0 atom stereocenters. The average molecular weight is 395 g/mol. The molecule has 1 saturated carbocycles. The smallest absolute Gasteiger partial charge is 0.254 e. The van der Waals surface area contributed by atoms with E-state index in [1.807, 2.05) is 47.4 Å². The third kappa shape index (κ3) is 4.73. The van der Waals surface area contributed by atoms with Gasteiger partial charge >= 0.3 is 0 Å². The summed E-state index contributed by atoms with van der Waals surface area (Å²) in [6.45, 7) is 4.01. The number of piperazine rings is 1. The van der Waals surface area contributed by atoms with Crippen LogP contribution < -0.4 is 9.47 Å². The Kier molecular flexibility index (Phi) is 6.35. The topological polar surface area (TPSA) is 42.0 Å². The van der Waals surface area contributed by atoms with Crippen LogP contribution in [0.4, 0.5) is 0 Å². The third-order valence-corrected chi connectivity index (χ3v) is 6.09. The van der Waals surface area contributed by atoms with Gasteiger partial charge in [-0.05, 0) is 36.6 Å². The van der Waals surface area contributed by atoms with Crippen molar-refractivity contribution in [3.8, 4) is 11.5 Å². The van der Waals surface area contributed by atoms with E-state index >= 15 is 0 Å². The lowest BCUT2D eigenvalue weighted by atomic mass is 10.1. The molecule has 2 fully saturated rings. The van der Waals surface area contributed by atoms with E-state index < -0.39 is 0 Å². The van der Waals surface area contributed by atoms with Crippen LogP contribution in [-0.2, 0) is 6.61 Å². The van der Waals surface area contributed by atoms with Gasteiger partial charge in [0.05, 0.1) is 7.11 Å². The molecule has 4 rings (SSSR count). The van der Waals surface area contributed by atoms with E-state index in [9.17, 15) is 4.79 Å². The van der Waals surface area contributed by atoms with Crippen LogP contribution in [0.3, 0.4) is 0 Å². The molecule has 0 spiro atoms. The zero-order chi connectivity index (χ0) is 20.1. The van der Waals surface area contributed by atoms with Gasteiger partial charge in [0.2, 0.25) is 0 Å². The van der Waals surface area contributed by atoms with Crippen molar-refractivity contribution in [3.63, 3.8) is 0 Å². The molecule has 0 radical (unpaired) electrons. The number of amides is 1. The molecule has 1 heterocycles. The summed E-state index contributed by atoms with van der Waals surface area (Å²) >= 11 is 0. The molecule has 1 amide bonds. The van der Waals surface area contributed by atoms with E-state index in [1.54, 1.807) is 13.2 Å². The fraction of sp³-hybridized carbons (Fsp3) is 0.458. The standard InChI is InChI=1S/C24H30N2O3/c1-28-23-17-20(11-12-22(23)29-18-19-7-3-2-4-8-19)24(27)26-15-13-25(14-16-26)21-9-5-6-10-21/h2-4,7-8,11-12,17,21H,5-6,9-10,13-16,18H2,1H3. The van der Waals surface area contributed by atoms with Crippen molar-refractivity contribution in [2.75, 3.05) is 33.3 Å². The minimum absolute atomic E-state index is 0.0731. The molecule has 29 heavy (non-hydrogen) atoms. The Balaban J connectivity index is 1.37. The Labute approximate surface area is 173 Å². The molecule has 5 nitrogen and oxygen atoms in total. The van der Waals surface area contributed by atoms with Crippen LogP contribution in [-0.4, -0.2) is 55.0 Å². The monoisotopic (exact) mass is 394 g/mol. The largest absolute Gasteiger partial charge is 0.493 e. The van der Waals surface area contributed by atoms with Gasteiger partial charge < -0.3 is 14.4 Å². The maximum Gasteiger partial charge on any atom is 0.254 e. The molecular weight excluding hydrogens is 364 g/mol. The molecule has 2 aromatic rings. The molecule has 2 aliphatic rings. The van der Waals surface area contributed by atoms with Crippen molar-refractivity contribution in [2.24, 2.45) is 0 Å². The van der Waals surface area contributed by atoms with E-state index in [0.29, 0.717) is 23.7 Å². The highest BCUT2D eigenvalue weighted by molar-refractivity contribution is 5.95. The third-order valence-electron chi connectivity index (χ3n) is 6.09. The van der Waals surface area contributed by atoms with Crippen molar-refractivity contribution in [2.45, 2.75) is 38.3 Å². The van der Waals surface area contributed by atoms with Gasteiger partial charge in [0.25, 0.3) is 5.91 Å². The van der Waals surface area contributed by atoms with Gasteiger partial charge in [-0.15, -0.1) is 0 Å². The molecule has 0 unspecified atom stereocenters. The van der Waals surface area contributed by atoms with Gasteiger partial charge in [0, 0.05) is 37.8 Å². The van der Waals surface area contributed by atoms with Crippen LogP contribution in [0.15, 0.2) is 48.5 Å². The minimum atomic E-state index is 0.0731. The summed E-state index contributed by atoms with van der Waals surface area (Å²) in [5, 5.41) is 0. The summed E-state index contributed by atoms with van der Waals surface area (Å²) in [7, 11) is 1.61. The normalized spacial score (nSPS) is 18.0. The number of nitrogens with zero attached hydrogens (tertiary/aromatic N) is 2. The highest BCUT2D eigenvalue weighted by Gasteiger charge is 2.28. The lowest BCUT2D eigenvalue weighted by Crippen LogP contribution is -2.51. The minimum Gasteiger partial charge on any atom is -0.493 e. The van der Waals surface area contributed by atoms with Crippen molar-refractivity contribution in [1.82, 2.24) is 9.80 Å². The fourth-order valence-corrected chi connectivity index (χ4v) is 4.40. The van der Waals surface area contributed by atoms with E-state index in [-0.39, 0.29) is 5.91 Å². The Morgan fingerprint density at radius 1 is 0.966 bits per heavy atom. The van der Waals surface area contributed by atoms with E-state index in [4.69, 9.17) is 9.47 Å². The fourth-order valence-electron chi connectivity index (χ4n) is 4.40. The molecule has 1 aliphatic heterocycles. The van der Waals surface area contributed by atoms with Crippen molar-refractivity contribution in [3.05, 3.63) is 59.7 Å². The molecule has 0 bridgehead atoms. The summed E-state index contributed by atoms with van der Waals surface area (Å²) in [5.41, 5.74) is 1.75. The van der Waals surface area contributed by atoms with Gasteiger partial charge in [0.15, 0.2) is 11.5 Å². The number of carbonyl (C=O) groups excluding carboxylic acids is 1. The van der Waals surface area contributed by atoms with E-state index in [2.05, 4.69) is 4.90 Å². The Bertz CT molecular complexity index is 810. The number of methoxy groups -OCH3 is 1. The maximum atomic E-state index is 13.0. The average Bonchev–Trinajstić information content (AvgIpc) is 3.33. The molecule has 1 saturated heterocycles. The summed E-state index contributed by atoms with van der Waals surface area (Å²) < 4.78 is 11.4. The SMILES string of the molecule is COc1cc(C(=O)N2CCN(C3CCCC3)CC2)ccc1OCc1ccccc1. The molecule has 2 aromatic carbocycles. The molecule has 5 heteroatoms. The second-order valence-electron chi connectivity index (χ2n) is 7.91. The number of ether oxygens (including phenoxy) is 2. The van der Waals surface area contributed by atoms with Crippen LogP contribution >= 0.6 is 0 Å². The Morgan fingerprint density at radius 2 is 1.69 bits per heavy atom. The molecule has 0 N–H and O–H groups in total. The van der Waals surface area contributed by atoms with E-state index in [1.165, 1.54) is 25.7 Å².